The van der Waals surface area contributed by atoms with Gasteiger partial charge in [-0.1, -0.05) is 49.4 Å². The van der Waals surface area contributed by atoms with Crippen molar-refractivity contribution in [1.82, 2.24) is 10.4 Å². The van der Waals surface area contributed by atoms with Crippen LogP contribution in [-0.2, 0) is 17.6 Å². The van der Waals surface area contributed by atoms with Crippen LogP contribution in [0.4, 0.5) is 0 Å². The summed E-state index contributed by atoms with van der Waals surface area (Å²) in [4.78, 5) is 23.5. The largest absolute Gasteiger partial charge is 0.392 e. The van der Waals surface area contributed by atoms with Gasteiger partial charge < -0.3 is 10.8 Å². The van der Waals surface area contributed by atoms with Crippen molar-refractivity contribution in [1.29, 1.82) is 0 Å². The quantitative estimate of drug-likeness (QED) is 0.555. The van der Waals surface area contributed by atoms with E-state index in [1.165, 1.54) is 5.56 Å². The highest BCUT2D eigenvalue weighted by molar-refractivity contribution is 5.94. The van der Waals surface area contributed by atoms with Crippen LogP contribution in [-0.4, -0.2) is 41.1 Å². The van der Waals surface area contributed by atoms with Crippen LogP contribution < -0.4 is 11.2 Å². The number of carbonyl (C=O) groups excluding carboxylic acids is 2. The van der Waals surface area contributed by atoms with Gasteiger partial charge in [0.05, 0.1) is 12.5 Å². The second-order valence-corrected chi connectivity index (χ2v) is 6.50. The minimum atomic E-state index is -0.549. The molecule has 6 heteroatoms. The van der Waals surface area contributed by atoms with Gasteiger partial charge in [-0.2, -0.15) is 0 Å². The highest BCUT2D eigenvalue weighted by Crippen LogP contribution is 2.08. The van der Waals surface area contributed by atoms with Gasteiger partial charge in [0.2, 0.25) is 5.91 Å². The number of aryl methyl sites for hydroxylation is 1. The standard InChI is InChI=1S/C21H27N3O3/c1-2-24(15-19(25)12-11-16-7-4-3-5-8-16)23-21(27)18-10-6-9-17(13-18)14-20(22)26/h3-10,13,19,25H,2,11-12,14-15H2,1H3,(H2,22,26)(H,23,27). The first-order valence-corrected chi connectivity index (χ1v) is 9.13. The predicted octanol–water partition coefficient (Wildman–Crippen LogP) is 1.67. The first-order valence-electron chi connectivity index (χ1n) is 9.13. The van der Waals surface area contributed by atoms with Gasteiger partial charge in [-0.15, -0.1) is 0 Å². The number of primary amides is 1. The Labute approximate surface area is 160 Å². The van der Waals surface area contributed by atoms with E-state index in [-0.39, 0.29) is 12.3 Å². The highest BCUT2D eigenvalue weighted by Gasteiger charge is 2.15. The molecule has 0 aromatic heterocycles. The number of amides is 2. The number of nitrogens with zero attached hydrogens (tertiary/aromatic N) is 1. The molecule has 6 nitrogen and oxygen atoms in total. The zero-order valence-corrected chi connectivity index (χ0v) is 15.6. The predicted molar refractivity (Wildman–Crippen MR) is 105 cm³/mol. The Morgan fingerprint density at radius 1 is 1.11 bits per heavy atom. The molecule has 0 saturated heterocycles. The van der Waals surface area contributed by atoms with Gasteiger partial charge in [0.25, 0.3) is 5.91 Å². The average molecular weight is 369 g/mol. The van der Waals surface area contributed by atoms with E-state index in [9.17, 15) is 14.7 Å². The molecule has 0 aliphatic heterocycles. The molecule has 2 aromatic carbocycles. The molecule has 0 bridgehead atoms. The number of hydrazine groups is 1. The lowest BCUT2D eigenvalue weighted by atomic mass is 10.1. The minimum absolute atomic E-state index is 0.0941. The van der Waals surface area contributed by atoms with Crippen LogP contribution in [0.25, 0.3) is 0 Å². The number of aliphatic hydroxyl groups is 1. The minimum Gasteiger partial charge on any atom is -0.392 e. The summed E-state index contributed by atoms with van der Waals surface area (Å²) in [6.07, 6.45) is 0.941. The second-order valence-electron chi connectivity index (χ2n) is 6.50. The number of rotatable bonds is 10. The van der Waals surface area contributed by atoms with Gasteiger partial charge in [0, 0.05) is 18.7 Å². The Kier molecular flexibility index (Phi) is 7.98. The van der Waals surface area contributed by atoms with Crippen molar-refractivity contribution in [3.05, 3.63) is 71.3 Å². The fraction of sp³-hybridized carbons (Fsp3) is 0.333. The molecule has 2 amide bonds. The Morgan fingerprint density at radius 2 is 1.81 bits per heavy atom. The van der Waals surface area contributed by atoms with E-state index in [1.54, 1.807) is 29.3 Å². The molecular weight excluding hydrogens is 342 g/mol. The molecule has 4 N–H and O–H groups in total. The number of hydrogen-bond donors (Lipinski definition) is 3. The Bertz CT molecular complexity index is 749. The van der Waals surface area contributed by atoms with Crippen LogP contribution in [0.15, 0.2) is 54.6 Å². The summed E-state index contributed by atoms with van der Waals surface area (Å²) in [5.41, 5.74) is 10.3. The Morgan fingerprint density at radius 3 is 2.48 bits per heavy atom. The Balaban J connectivity index is 1.87. The van der Waals surface area contributed by atoms with E-state index in [4.69, 9.17) is 5.73 Å². The lowest BCUT2D eigenvalue weighted by Gasteiger charge is -2.24. The molecule has 144 valence electrons. The zero-order valence-electron chi connectivity index (χ0n) is 15.6. The monoisotopic (exact) mass is 369 g/mol. The Hall–Kier alpha value is -2.70. The number of nitrogens with one attached hydrogen (secondary N) is 1. The van der Waals surface area contributed by atoms with E-state index in [0.29, 0.717) is 30.6 Å². The summed E-state index contributed by atoms with van der Waals surface area (Å²) in [5.74, 6) is -0.720. The van der Waals surface area contributed by atoms with E-state index < -0.39 is 12.0 Å². The number of hydrogen-bond acceptors (Lipinski definition) is 4. The number of carbonyl (C=O) groups is 2. The number of benzene rings is 2. The molecule has 0 fully saturated rings. The highest BCUT2D eigenvalue weighted by atomic mass is 16.3. The summed E-state index contributed by atoms with van der Waals surface area (Å²) in [5, 5.41) is 12.0. The summed E-state index contributed by atoms with van der Waals surface area (Å²) >= 11 is 0. The molecule has 1 unspecified atom stereocenters. The van der Waals surface area contributed by atoms with Crippen LogP contribution >= 0.6 is 0 Å². The zero-order chi connectivity index (χ0) is 19.6. The maximum absolute atomic E-state index is 12.5. The first kappa shape index (κ1) is 20.6. The molecule has 0 aliphatic rings. The van der Waals surface area contributed by atoms with Crippen LogP contribution in [0.2, 0.25) is 0 Å². The number of likely N-dealkylation sites (N-methyl/N-ethyl adjacent to an activating group) is 1. The van der Waals surface area contributed by atoms with Gasteiger partial charge in [0.15, 0.2) is 0 Å². The molecule has 2 rings (SSSR count). The lowest BCUT2D eigenvalue weighted by Crippen LogP contribution is -2.46. The van der Waals surface area contributed by atoms with Crippen molar-refractivity contribution in [2.45, 2.75) is 32.3 Å². The number of nitrogens with two attached hydrogens (primary N) is 1. The maximum Gasteiger partial charge on any atom is 0.265 e. The maximum atomic E-state index is 12.5. The van der Waals surface area contributed by atoms with Crippen molar-refractivity contribution in [3.63, 3.8) is 0 Å². The molecule has 0 aliphatic carbocycles. The van der Waals surface area contributed by atoms with E-state index in [0.717, 1.165) is 6.42 Å². The van der Waals surface area contributed by atoms with Gasteiger partial charge in [0.1, 0.15) is 0 Å². The average Bonchev–Trinajstić information content (AvgIpc) is 2.66. The molecule has 1 atom stereocenters. The molecule has 0 spiro atoms. The molecule has 27 heavy (non-hydrogen) atoms. The number of aliphatic hydroxyl groups excluding tert-OH is 1. The molecule has 0 saturated carbocycles. The topological polar surface area (TPSA) is 95.7 Å². The molecule has 0 heterocycles. The normalized spacial score (nSPS) is 12.0. The van der Waals surface area contributed by atoms with E-state index in [2.05, 4.69) is 5.43 Å². The van der Waals surface area contributed by atoms with Crippen LogP contribution in [0.3, 0.4) is 0 Å². The first-order chi connectivity index (χ1) is 13.0. The summed E-state index contributed by atoms with van der Waals surface area (Å²) < 4.78 is 0. The van der Waals surface area contributed by atoms with Crippen molar-refractivity contribution in [2.24, 2.45) is 5.73 Å². The third kappa shape index (κ3) is 7.21. The summed E-state index contributed by atoms with van der Waals surface area (Å²) in [6.45, 7) is 2.82. The third-order valence-corrected chi connectivity index (χ3v) is 4.25. The van der Waals surface area contributed by atoms with Gasteiger partial charge in [-0.25, -0.2) is 5.01 Å². The van der Waals surface area contributed by atoms with Crippen molar-refractivity contribution in [3.8, 4) is 0 Å². The van der Waals surface area contributed by atoms with E-state index >= 15 is 0 Å². The van der Waals surface area contributed by atoms with Crippen LogP contribution in [0.5, 0.6) is 0 Å². The van der Waals surface area contributed by atoms with Crippen molar-refractivity contribution in [2.75, 3.05) is 13.1 Å². The van der Waals surface area contributed by atoms with Gasteiger partial charge >= 0.3 is 0 Å². The smallest absolute Gasteiger partial charge is 0.265 e. The van der Waals surface area contributed by atoms with Crippen molar-refractivity contribution >= 4 is 11.8 Å². The lowest BCUT2D eigenvalue weighted by molar-refractivity contribution is -0.117. The third-order valence-electron chi connectivity index (χ3n) is 4.25. The van der Waals surface area contributed by atoms with Gasteiger partial charge in [-0.3, -0.25) is 15.0 Å². The fourth-order valence-corrected chi connectivity index (χ4v) is 2.81. The second kappa shape index (κ2) is 10.4. The SMILES string of the molecule is CCN(CC(O)CCc1ccccc1)NC(=O)c1cccc(CC(N)=O)c1. The summed E-state index contributed by atoms with van der Waals surface area (Å²) in [7, 11) is 0. The van der Waals surface area contributed by atoms with Gasteiger partial charge in [-0.05, 0) is 36.1 Å². The molecule has 0 radical (unpaired) electrons. The fourth-order valence-electron chi connectivity index (χ4n) is 2.81. The summed E-state index contributed by atoms with van der Waals surface area (Å²) in [6, 6.07) is 16.8. The van der Waals surface area contributed by atoms with Crippen molar-refractivity contribution < 1.29 is 14.7 Å². The van der Waals surface area contributed by atoms with Crippen LogP contribution in [0.1, 0.15) is 34.8 Å². The molecular formula is C21H27N3O3. The molecule has 2 aromatic rings. The van der Waals surface area contributed by atoms with Crippen LogP contribution in [0, 0.1) is 0 Å². The van der Waals surface area contributed by atoms with E-state index in [1.807, 2.05) is 37.3 Å².